The van der Waals surface area contributed by atoms with Gasteiger partial charge in [-0.25, -0.2) is 0 Å². The van der Waals surface area contributed by atoms with E-state index in [-0.39, 0.29) is 23.4 Å². The second-order valence-corrected chi connectivity index (χ2v) is 6.70. The monoisotopic (exact) mass is 266 g/mol. The first kappa shape index (κ1) is 13.6. The van der Waals surface area contributed by atoms with Crippen molar-refractivity contribution in [1.29, 1.82) is 0 Å². The number of nitrogens with one attached hydrogen (secondary N) is 2. The maximum absolute atomic E-state index is 12.4. The summed E-state index contributed by atoms with van der Waals surface area (Å²) in [5.41, 5.74) is 0.0392. The third-order valence-electron chi connectivity index (χ3n) is 3.72. The standard InChI is InChI=1S/C14H22N2OS/c1-10(11-6-4-9-18-11)16-13(17)12-14(2,3)7-5-8-15-12/h4,6,9-10,12,15H,5,7-8H2,1-3H3,(H,16,17)/t10-,12?/m1/s1. The molecular formula is C14H22N2OS. The van der Waals surface area contributed by atoms with Crippen LogP contribution in [0.4, 0.5) is 0 Å². The summed E-state index contributed by atoms with van der Waals surface area (Å²) in [5, 5.41) is 8.51. The minimum atomic E-state index is -0.0753. The van der Waals surface area contributed by atoms with Gasteiger partial charge in [0.2, 0.25) is 5.91 Å². The first-order valence-corrected chi connectivity index (χ1v) is 7.46. The Balaban J connectivity index is 1.99. The molecule has 1 fully saturated rings. The van der Waals surface area contributed by atoms with Crippen molar-refractivity contribution in [2.24, 2.45) is 5.41 Å². The summed E-state index contributed by atoms with van der Waals surface area (Å²) < 4.78 is 0. The lowest BCUT2D eigenvalue weighted by molar-refractivity contribution is -0.127. The van der Waals surface area contributed by atoms with E-state index < -0.39 is 0 Å². The number of hydrogen-bond donors (Lipinski definition) is 2. The molecule has 1 aliphatic rings. The number of hydrogen-bond acceptors (Lipinski definition) is 3. The van der Waals surface area contributed by atoms with Crippen LogP contribution in [0, 0.1) is 5.41 Å². The van der Waals surface area contributed by atoms with Gasteiger partial charge in [0.1, 0.15) is 0 Å². The third kappa shape index (κ3) is 2.93. The maximum atomic E-state index is 12.4. The molecule has 0 aliphatic carbocycles. The summed E-state index contributed by atoms with van der Waals surface area (Å²) in [6.45, 7) is 7.31. The van der Waals surface area contributed by atoms with Gasteiger partial charge >= 0.3 is 0 Å². The average molecular weight is 266 g/mol. The van der Waals surface area contributed by atoms with Crippen molar-refractivity contribution < 1.29 is 4.79 Å². The molecule has 1 aromatic rings. The van der Waals surface area contributed by atoms with Crippen LogP contribution in [0.1, 0.15) is 44.5 Å². The predicted molar refractivity (Wildman–Crippen MR) is 75.7 cm³/mol. The number of amides is 1. The van der Waals surface area contributed by atoms with Crippen LogP contribution in [-0.4, -0.2) is 18.5 Å². The molecule has 1 aliphatic heterocycles. The lowest BCUT2D eigenvalue weighted by atomic mass is 9.77. The quantitative estimate of drug-likeness (QED) is 0.883. The zero-order chi connectivity index (χ0) is 13.2. The molecule has 0 bridgehead atoms. The molecule has 1 unspecified atom stereocenters. The van der Waals surface area contributed by atoms with Gasteiger partial charge in [-0.1, -0.05) is 19.9 Å². The van der Waals surface area contributed by atoms with Crippen molar-refractivity contribution in [2.45, 2.75) is 45.7 Å². The van der Waals surface area contributed by atoms with E-state index in [1.807, 2.05) is 18.4 Å². The van der Waals surface area contributed by atoms with Crippen LogP contribution in [0.2, 0.25) is 0 Å². The number of thiophene rings is 1. The van der Waals surface area contributed by atoms with Crippen molar-refractivity contribution in [1.82, 2.24) is 10.6 Å². The summed E-state index contributed by atoms with van der Waals surface area (Å²) in [7, 11) is 0. The van der Waals surface area contributed by atoms with Gasteiger partial charge in [0, 0.05) is 4.88 Å². The zero-order valence-electron chi connectivity index (χ0n) is 11.3. The topological polar surface area (TPSA) is 41.1 Å². The normalized spacial score (nSPS) is 24.5. The fraction of sp³-hybridized carbons (Fsp3) is 0.643. The van der Waals surface area contributed by atoms with Crippen LogP contribution < -0.4 is 10.6 Å². The number of rotatable bonds is 3. The number of carbonyl (C=O) groups excluding carboxylic acids is 1. The van der Waals surface area contributed by atoms with Crippen molar-refractivity contribution >= 4 is 17.2 Å². The molecule has 18 heavy (non-hydrogen) atoms. The van der Waals surface area contributed by atoms with Crippen LogP contribution in [0.5, 0.6) is 0 Å². The van der Waals surface area contributed by atoms with Crippen molar-refractivity contribution in [3.63, 3.8) is 0 Å². The molecule has 3 nitrogen and oxygen atoms in total. The second kappa shape index (κ2) is 5.41. The molecule has 4 heteroatoms. The minimum absolute atomic E-state index is 0.0392. The number of piperidine rings is 1. The first-order chi connectivity index (χ1) is 8.50. The van der Waals surface area contributed by atoms with E-state index in [1.165, 1.54) is 4.88 Å². The lowest BCUT2D eigenvalue weighted by Gasteiger charge is -2.38. The van der Waals surface area contributed by atoms with Gasteiger partial charge in [-0.05, 0) is 43.2 Å². The lowest BCUT2D eigenvalue weighted by Crippen LogP contribution is -2.55. The molecule has 2 heterocycles. The maximum Gasteiger partial charge on any atom is 0.238 e. The third-order valence-corrected chi connectivity index (χ3v) is 4.77. The van der Waals surface area contributed by atoms with E-state index >= 15 is 0 Å². The molecule has 100 valence electrons. The molecule has 2 N–H and O–H groups in total. The molecule has 1 saturated heterocycles. The van der Waals surface area contributed by atoms with Crippen LogP contribution >= 0.6 is 11.3 Å². The van der Waals surface area contributed by atoms with E-state index in [1.54, 1.807) is 11.3 Å². The highest BCUT2D eigenvalue weighted by molar-refractivity contribution is 7.10. The molecule has 0 radical (unpaired) electrons. The summed E-state index contributed by atoms with van der Waals surface area (Å²) >= 11 is 1.68. The fourth-order valence-electron chi connectivity index (χ4n) is 2.56. The largest absolute Gasteiger partial charge is 0.347 e. The second-order valence-electron chi connectivity index (χ2n) is 5.72. The van der Waals surface area contributed by atoms with Crippen molar-refractivity contribution in [3.05, 3.63) is 22.4 Å². The van der Waals surface area contributed by atoms with E-state index in [2.05, 4.69) is 30.5 Å². The zero-order valence-corrected chi connectivity index (χ0v) is 12.1. The molecule has 0 saturated carbocycles. The Morgan fingerprint density at radius 3 is 3.00 bits per heavy atom. The van der Waals surface area contributed by atoms with Crippen molar-refractivity contribution in [3.8, 4) is 0 Å². The van der Waals surface area contributed by atoms with Gasteiger partial charge < -0.3 is 10.6 Å². The Morgan fingerprint density at radius 1 is 1.61 bits per heavy atom. The van der Waals surface area contributed by atoms with Gasteiger partial charge in [0.05, 0.1) is 12.1 Å². The van der Waals surface area contributed by atoms with Gasteiger partial charge in [0.15, 0.2) is 0 Å². The van der Waals surface area contributed by atoms with Gasteiger partial charge in [-0.3, -0.25) is 4.79 Å². The van der Waals surface area contributed by atoms with Gasteiger partial charge in [0.25, 0.3) is 0 Å². The molecular weight excluding hydrogens is 244 g/mol. The molecule has 1 amide bonds. The van der Waals surface area contributed by atoms with Crippen molar-refractivity contribution in [2.75, 3.05) is 6.54 Å². The Bertz CT molecular complexity index is 400. The van der Waals surface area contributed by atoms with Crippen LogP contribution in [0.15, 0.2) is 17.5 Å². The summed E-state index contributed by atoms with van der Waals surface area (Å²) in [5.74, 6) is 0.126. The van der Waals surface area contributed by atoms with Gasteiger partial charge in [-0.15, -0.1) is 11.3 Å². The Kier molecular flexibility index (Phi) is 4.07. The SMILES string of the molecule is C[C@@H](NC(=O)C1NCCCC1(C)C)c1cccs1. The van der Waals surface area contributed by atoms with Crippen LogP contribution in [0.3, 0.4) is 0 Å². The van der Waals surface area contributed by atoms with E-state index in [4.69, 9.17) is 0 Å². The van der Waals surface area contributed by atoms with Crippen LogP contribution in [-0.2, 0) is 4.79 Å². The van der Waals surface area contributed by atoms with E-state index in [0.717, 1.165) is 19.4 Å². The smallest absolute Gasteiger partial charge is 0.238 e. The Hall–Kier alpha value is -0.870. The Morgan fingerprint density at radius 2 is 2.39 bits per heavy atom. The molecule has 2 atom stereocenters. The molecule has 1 aromatic heterocycles. The van der Waals surface area contributed by atoms with Crippen LogP contribution in [0.25, 0.3) is 0 Å². The highest BCUT2D eigenvalue weighted by Crippen LogP contribution is 2.30. The highest BCUT2D eigenvalue weighted by Gasteiger charge is 2.37. The minimum Gasteiger partial charge on any atom is -0.347 e. The van der Waals surface area contributed by atoms with E-state index in [9.17, 15) is 4.79 Å². The Labute approximate surface area is 113 Å². The number of carbonyl (C=O) groups is 1. The highest BCUT2D eigenvalue weighted by atomic mass is 32.1. The summed E-state index contributed by atoms with van der Waals surface area (Å²) in [4.78, 5) is 13.6. The van der Waals surface area contributed by atoms with Gasteiger partial charge in [-0.2, -0.15) is 0 Å². The molecule has 0 spiro atoms. The fourth-order valence-corrected chi connectivity index (χ4v) is 3.30. The average Bonchev–Trinajstić information content (AvgIpc) is 2.81. The summed E-state index contributed by atoms with van der Waals surface area (Å²) in [6.07, 6.45) is 2.25. The molecule has 2 rings (SSSR count). The predicted octanol–water partition coefficient (Wildman–Crippen LogP) is 2.70. The summed E-state index contributed by atoms with van der Waals surface area (Å²) in [6, 6.07) is 4.10. The first-order valence-electron chi connectivity index (χ1n) is 6.58. The molecule has 0 aromatic carbocycles. The van der Waals surface area contributed by atoms with E-state index in [0.29, 0.717) is 0 Å².